The second-order valence-electron chi connectivity index (χ2n) is 5.19. The number of rotatable bonds is 4. The van der Waals surface area contributed by atoms with Crippen molar-refractivity contribution >= 4 is 11.6 Å². The number of nitrogens with zero attached hydrogens (tertiary/aromatic N) is 1. The third kappa shape index (κ3) is 4.01. The van der Waals surface area contributed by atoms with Gasteiger partial charge in [-0.2, -0.15) is 4.57 Å². The number of hydrogen-bond acceptors (Lipinski definition) is 1. The van der Waals surface area contributed by atoms with Crippen LogP contribution in [0.3, 0.4) is 0 Å². The molecular weight excluding hydrogens is 291 g/mol. The molecule has 0 aliphatic rings. The van der Waals surface area contributed by atoms with E-state index in [9.17, 15) is 9.18 Å². The third-order valence-electron chi connectivity index (χ3n) is 3.42. The van der Waals surface area contributed by atoms with Crippen LogP contribution in [0.1, 0.15) is 0 Å². The number of carbonyl (C=O) groups excluding carboxylic acids is 1. The number of aromatic nitrogens is 1. The second-order valence-corrected chi connectivity index (χ2v) is 5.19. The molecule has 0 aliphatic carbocycles. The van der Waals surface area contributed by atoms with Gasteiger partial charge in [-0.15, -0.1) is 0 Å². The average molecular weight is 307 g/mol. The lowest BCUT2D eigenvalue weighted by Gasteiger charge is -2.04. The van der Waals surface area contributed by atoms with Gasteiger partial charge < -0.3 is 5.32 Å². The van der Waals surface area contributed by atoms with Crippen molar-refractivity contribution in [3.8, 4) is 11.1 Å². The fourth-order valence-electron chi connectivity index (χ4n) is 2.32. The molecule has 0 atom stereocenters. The maximum Gasteiger partial charge on any atom is 0.290 e. The number of anilines is 1. The first-order valence-corrected chi connectivity index (χ1v) is 7.31. The molecule has 4 heteroatoms. The van der Waals surface area contributed by atoms with Crippen LogP contribution in [0.25, 0.3) is 11.1 Å². The minimum Gasteiger partial charge on any atom is -0.321 e. The Hall–Kier alpha value is -3.01. The molecule has 2 aromatic carbocycles. The molecule has 0 saturated heterocycles. The Morgan fingerprint density at radius 3 is 2.35 bits per heavy atom. The number of pyridine rings is 1. The van der Waals surface area contributed by atoms with Gasteiger partial charge in [0.25, 0.3) is 5.91 Å². The van der Waals surface area contributed by atoms with E-state index in [1.54, 1.807) is 0 Å². The van der Waals surface area contributed by atoms with E-state index in [4.69, 9.17) is 0 Å². The van der Waals surface area contributed by atoms with Crippen molar-refractivity contribution in [3.63, 3.8) is 0 Å². The van der Waals surface area contributed by atoms with E-state index in [-0.39, 0.29) is 18.3 Å². The Labute approximate surface area is 134 Å². The van der Waals surface area contributed by atoms with E-state index in [1.165, 1.54) is 24.3 Å². The molecule has 1 N–H and O–H groups in total. The zero-order valence-electron chi connectivity index (χ0n) is 12.4. The maximum atomic E-state index is 12.9. The largest absolute Gasteiger partial charge is 0.321 e. The van der Waals surface area contributed by atoms with Gasteiger partial charge in [-0.05, 0) is 35.9 Å². The van der Waals surface area contributed by atoms with Crippen LogP contribution in [0.15, 0.2) is 79.1 Å². The predicted molar refractivity (Wildman–Crippen MR) is 87.1 cm³/mol. The number of nitrogens with one attached hydrogen (secondary N) is 1. The summed E-state index contributed by atoms with van der Waals surface area (Å²) in [5.74, 6) is -0.486. The van der Waals surface area contributed by atoms with E-state index in [2.05, 4.69) is 5.32 Å². The van der Waals surface area contributed by atoms with Gasteiger partial charge in [-0.25, -0.2) is 4.39 Å². The van der Waals surface area contributed by atoms with Gasteiger partial charge in [0.15, 0.2) is 12.4 Å². The maximum absolute atomic E-state index is 12.9. The predicted octanol–water partition coefficient (Wildman–Crippen LogP) is 3.42. The van der Waals surface area contributed by atoms with E-state index in [0.29, 0.717) is 5.69 Å². The first-order valence-electron chi connectivity index (χ1n) is 7.31. The summed E-state index contributed by atoms with van der Waals surface area (Å²) in [5.41, 5.74) is 2.72. The lowest BCUT2D eigenvalue weighted by atomic mass is 10.1. The van der Waals surface area contributed by atoms with Crippen LogP contribution in [-0.2, 0) is 11.3 Å². The van der Waals surface area contributed by atoms with Gasteiger partial charge in [0.05, 0.1) is 0 Å². The van der Waals surface area contributed by atoms with Crippen LogP contribution in [0.5, 0.6) is 0 Å². The lowest BCUT2D eigenvalue weighted by Crippen LogP contribution is -2.39. The molecule has 114 valence electrons. The van der Waals surface area contributed by atoms with Gasteiger partial charge in [-0.1, -0.05) is 30.3 Å². The van der Waals surface area contributed by atoms with Crippen LogP contribution in [0.2, 0.25) is 0 Å². The summed E-state index contributed by atoms with van der Waals surface area (Å²) in [5, 5.41) is 2.75. The van der Waals surface area contributed by atoms with E-state index < -0.39 is 0 Å². The van der Waals surface area contributed by atoms with Gasteiger partial charge in [0.1, 0.15) is 5.82 Å². The number of benzene rings is 2. The Balaban J connectivity index is 1.70. The summed E-state index contributed by atoms with van der Waals surface area (Å²) in [4.78, 5) is 12.1. The summed E-state index contributed by atoms with van der Waals surface area (Å²) in [6.45, 7) is 0.193. The number of halogens is 1. The second kappa shape index (κ2) is 6.83. The summed E-state index contributed by atoms with van der Waals surface area (Å²) in [6, 6.07) is 19.6. The first-order chi connectivity index (χ1) is 11.2. The zero-order chi connectivity index (χ0) is 16.1. The van der Waals surface area contributed by atoms with Crippen molar-refractivity contribution in [2.24, 2.45) is 0 Å². The summed E-state index contributed by atoms with van der Waals surface area (Å²) in [7, 11) is 0. The smallest absolute Gasteiger partial charge is 0.290 e. The standard InChI is InChI=1S/C19H15FN2O/c20-17-8-10-18(11-9-17)21-19(23)14-22-12-4-7-16(13-22)15-5-2-1-3-6-15/h1-13H,14H2/p+1. The molecule has 23 heavy (non-hydrogen) atoms. The number of carbonyl (C=O) groups is 1. The molecule has 1 aromatic heterocycles. The minimum absolute atomic E-state index is 0.160. The highest BCUT2D eigenvalue weighted by Gasteiger charge is 2.11. The molecule has 0 spiro atoms. The molecule has 0 saturated carbocycles. The molecule has 1 heterocycles. The fourth-order valence-corrected chi connectivity index (χ4v) is 2.32. The normalized spacial score (nSPS) is 10.3. The molecular formula is C19H16FN2O+. The molecule has 0 bridgehead atoms. The van der Waals surface area contributed by atoms with Crippen molar-refractivity contribution in [1.29, 1.82) is 0 Å². The first kappa shape index (κ1) is 14.9. The molecule has 0 unspecified atom stereocenters. The highest BCUT2D eigenvalue weighted by atomic mass is 19.1. The van der Waals surface area contributed by atoms with Gasteiger partial charge in [0, 0.05) is 17.3 Å². The van der Waals surface area contributed by atoms with Crippen LogP contribution < -0.4 is 9.88 Å². The Bertz CT molecular complexity index is 801. The average Bonchev–Trinajstić information content (AvgIpc) is 2.58. The third-order valence-corrected chi connectivity index (χ3v) is 3.42. The quantitative estimate of drug-likeness (QED) is 0.736. The van der Waals surface area contributed by atoms with E-state index in [1.807, 2.05) is 59.4 Å². The van der Waals surface area contributed by atoms with Crippen molar-refractivity contribution in [2.75, 3.05) is 5.32 Å². The van der Waals surface area contributed by atoms with E-state index >= 15 is 0 Å². The number of amides is 1. The SMILES string of the molecule is O=C(C[n+]1cccc(-c2ccccc2)c1)Nc1ccc(F)cc1. The number of hydrogen-bond donors (Lipinski definition) is 1. The van der Waals surface area contributed by atoms with Crippen LogP contribution in [0.4, 0.5) is 10.1 Å². The van der Waals surface area contributed by atoms with Gasteiger partial charge >= 0.3 is 0 Å². The van der Waals surface area contributed by atoms with Crippen molar-refractivity contribution in [2.45, 2.75) is 6.54 Å². The Morgan fingerprint density at radius 1 is 0.913 bits per heavy atom. The lowest BCUT2D eigenvalue weighted by molar-refractivity contribution is -0.683. The molecule has 1 amide bonds. The van der Waals surface area contributed by atoms with Crippen molar-refractivity contribution in [1.82, 2.24) is 0 Å². The van der Waals surface area contributed by atoms with Gasteiger partial charge in [0.2, 0.25) is 6.54 Å². The summed E-state index contributed by atoms with van der Waals surface area (Å²) in [6.07, 6.45) is 3.77. The van der Waals surface area contributed by atoms with E-state index in [0.717, 1.165) is 11.1 Å². The van der Waals surface area contributed by atoms with Crippen LogP contribution >= 0.6 is 0 Å². The molecule has 0 radical (unpaired) electrons. The molecule has 0 fully saturated rings. The summed E-state index contributed by atoms with van der Waals surface area (Å²) < 4.78 is 14.7. The molecule has 0 aliphatic heterocycles. The topological polar surface area (TPSA) is 33.0 Å². The van der Waals surface area contributed by atoms with Crippen molar-refractivity contribution < 1.29 is 13.8 Å². The van der Waals surface area contributed by atoms with Crippen LogP contribution in [0, 0.1) is 5.82 Å². The highest BCUT2D eigenvalue weighted by Crippen LogP contribution is 2.16. The summed E-state index contributed by atoms with van der Waals surface area (Å²) >= 11 is 0. The minimum atomic E-state index is -0.326. The Kier molecular flexibility index (Phi) is 4.43. The molecule has 3 aromatic rings. The zero-order valence-corrected chi connectivity index (χ0v) is 12.4. The highest BCUT2D eigenvalue weighted by molar-refractivity contribution is 5.89. The van der Waals surface area contributed by atoms with Gasteiger partial charge in [-0.3, -0.25) is 4.79 Å². The van der Waals surface area contributed by atoms with Crippen LogP contribution in [-0.4, -0.2) is 5.91 Å². The monoisotopic (exact) mass is 307 g/mol. The van der Waals surface area contributed by atoms with Crippen molar-refractivity contribution in [3.05, 3.63) is 84.9 Å². The molecule has 3 rings (SSSR count). The Morgan fingerprint density at radius 2 is 1.61 bits per heavy atom. The fraction of sp³-hybridized carbons (Fsp3) is 0.0526. The molecule has 3 nitrogen and oxygen atoms in total.